The van der Waals surface area contributed by atoms with Gasteiger partial charge in [-0.25, -0.2) is 0 Å². The van der Waals surface area contributed by atoms with Crippen molar-refractivity contribution in [2.24, 2.45) is 0 Å². The van der Waals surface area contributed by atoms with Gasteiger partial charge in [-0.1, -0.05) is 41.9 Å². The number of hydrogen-bond donors (Lipinski definition) is 2. The molecule has 22 heavy (non-hydrogen) atoms. The first-order valence-electron chi connectivity index (χ1n) is 7.20. The van der Waals surface area contributed by atoms with E-state index in [9.17, 15) is 0 Å². The molecule has 0 aromatic heterocycles. The van der Waals surface area contributed by atoms with Crippen molar-refractivity contribution in [3.8, 4) is 11.5 Å². The van der Waals surface area contributed by atoms with Gasteiger partial charge in [0, 0.05) is 5.56 Å². The molecular weight excluding hydrogens is 302 g/mol. The lowest BCUT2D eigenvalue weighted by molar-refractivity contribution is -0.671. The lowest BCUT2D eigenvalue weighted by Crippen LogP contribution is -2.83. The molecule has 0 spiro atoms. The summed E-state index contributed by atoms with van der Waals surface area (Å²) in [6.07, 6.45) is 0. The highest BCUT2D eigenvalue weighted by molar-refractivity contribution is 6.32. The maximum Gasteiger partial charge on any atom is 0.180 e. The van der Waals surface area contributed by atoms with Crippen LogP contribution in [0, 0.1) is 0 Å². The smallest absolute Gasteiger partial charge is 0.180 e. The van der Waals surface area contributed by atoms with E-state index < -0.39 is 0 Å². The van der Waals surface area contributed by atoms with E-state index in [2.05, 4.69) is 0 Å². The summed E-state index contributed by atoms with van der Waals surface area (Å²) >= 11 is 6.32. The topological polar surface area (TPSA) is 55.3 Å². The molecule has 0 fully saturated rings. The van der Waals surface area contributed by atoms with Crippen LogP contribution in [-0.4, -0.2) is 25.4 Å². The summed E-state index contributed by atoms with van der Waals surface area (Å²) in [5.74, 6) is 1.18. The number of benzene rings is 2. The molecule has 0 aliphatic heterocycles. The van der Waals surface area contributed by atoms with E-state index in [0.29, 0.717) is 29.7 Å². The van der Waals surface area contributed by atoms with Crippen molar-refractivity contribution in [3.63, 3.8) is 0 Å². The van der Waals surface area contributed by atoms with E-state index in [1.54, 1.807) is 7.11 Å². The van der Waals surface area contributed by atoms with Crippen molar-refractivity contribution in [3.05, 3.63) is 58.6 Å². The zero-order valence-electron chi connectivity index (χ0n) is 12.6. The fourth-order valence-electron chi connectivity index (χ4n) is 2.12. The highest BCUT2D eigenvalue weighted by Gasteiger charge is 2.13. The first kappa shape index (κ1) is 16.6. The van der Waals surface area contributed by atoms with Gasteiger partial charge in [0.1, 0.15) is 13.2 Å². The Morgan fingerprint density at radius 1 is 1.14 bits per heavy atom. The minimum absolute atomic E-state index is 0.156. The highest BCUT2D eigenvalue weighted by Crippen LogP contribution is 2.36. The third-order valence-electron chi connectivity index (χ3n) is 3.23. The lowest BCUT2D eigenvalue weighted by Gasteiger charge is -2.14. The number of hydrogen-bond acceptors (Lipinski definition) is 3. The highest BCUT2D eigenvalue weighted by atomic mass is 35.5. The van der Waals surface area contributed by atoms with Gasteiger partial charge in [-0.2, -0.15) is 0 Å². The molecule has 4 nitrogen and oxygen atoms in total. The first-order chi connectivity index (χ1) is 10.7. The van der Waals surface area contributed by atoms with Gasteiger partial charge in [0.05, 0.1) is 25.3 Å². The summed E-state index contributed by atoms with van der Waals surface area (Å²) in [5.41, 5.74) is 2.10. The van der Waals surface area contributed by atoms with Crippen LogP contribution in [0.25, 0.3) is 0 Å². The number of aliphatic hydroxyl groups is 1. The number of aliphatic hydroxyl groups excluding tert-OH is 1. The summed E-state index contributed by atoms with van der Waals surface area (Å²) in [6, 6.07) is 13.7. The van der Waals surface area contributed by atoms with Crippen molar-refractivity contribution < 1.29 is 19.9 Å². The molecule has 0 aliphatic rings. The Balaban J connectivity index is 2.09. The average Bonchev–Trinajstić information content (AvgIpc) is 2.54. The van der Waals surface area contributed by atoms with Crippen molar-refractivity contribution in [1.29, 1.82) is 0 Å². The van der Waals surface area contributed by atoms with Gasteiger partial charge >= 0.3 is 0 Å². The van der Waals surface area contributed by atoms with Crippen LogP contribution in [-0.2, 0) is 13.2 Å². The van der Waals surface area contributed by atoms with Crippen LogP contribution in [0.5, 0.6) is 11.5 Å². The number of ether oxygens (including phenoxy) is 2. The number of nitrogens with two attached hydrogens (primary N) is 1. The number of halogens is 1. The van der Waals surface area contributed by atoms with Crippen molar-refractivity contribution in [2.75, 3.05) is 20.3 Å². The molecule has 0 aliphatic carbocycles. The van der Waals surface area contributed by atoms with Crippen LogP contribution >= 0.6 is 11.6 Å². The van der Waals surface area contributed by atoms with Crippen molar-refractivity contribution >= 4 is 11.6 Å². The standard InChI is InChI=1S/C17H20ClNO3/c1-21-16-10-14(11-19-7-8-20)9-15(18)17(16)22-12-13-5-3-2-4-6-13/h2-6,9-10,19-20H,7-8,11-12H2,1H3/p+1. The Labute approximate surface area is 135 Å². The van der Waals surface area contributed by atoms with Crippen LogP contribution < -0.4 is 14.8 Å². The van der Waals surface area contributed by atoms with Gasteiger partial charge in [0.25, 0.3) is 0 Å². The summed E-state index contributed by atoms with van der Waals surface area (Å²) in [6.45, 7) is 1.98. The van der Waals surface area contributed by atoms with E-state index in [1.807, 2.05) is 47.8 Å². The Bertz CT molecular complexity index is 590. The zero-order valence-corrected chi connectivity index (χ0v) is 13.3. The minimum Gasteiger partial charge on any atom is -0.493 e. The Morgan fingerprint density at radius 3 is 2.59 bits per heavy atom. The van der Waals surface area contributed by atoms with E-state index >= 15 is 0 Å². The van der Waals surface area contributed by atoms with E-state index in [1.165, 1.54) is 0 Å². The van der Waals surface area contributed by atoms with E-state index in [4.69, 9.17) is 26.2 Å². The van der Waals surface area contributed by atoms with E-state index in [0.717, 1.165) is 17.7 Å². The molecule has 0 amide bonds. The largest absolute Gasteiger partial charge is 0.493 e. The normalized spacial score (nSPS) is 10.5. The predicted molar refractivity (Wildman–Crippen MR) is 86.4 cm³/mol. The maximum atomic E-state index is 8.82. The Morgan fingerprint density at radius 2 is 1.91 bits per heavy atom. The van der Waals surface area contributed by atoms with Crippen molar-refractivity contribution in [1.82, 2.24) is 0 Å². The zero-order chi connectivity index (χ0) is 15.8. The Kier molecular flexibility index (Phi) is 6.52. The molecule has 5 heteroatoms. The molecule has 0 unspecified atom stereocenters. The van der Waals surface area contributed by atoms with Crippen LogP contribution in [0.2, 0.25) is 5.02 Å². The van der Waals surface area contributed by atoms with Gasteiger partial charge < -0.3 is 19.9 Å². The fourth-order valence-corrected chi connectivity index (χ4v) is 2.41. The second-order valence-electron chi connectivity index (χ2n) is 4.89. The second kappa shape index (κ2) is 8.63. The third kappa shape index (κ3) is 4.63. The molecule has 0 atom stereocenters. The molecule has 2 aromatic rings. The monoisotopic (exact) mass is 322 g/mol. The summed E-state index contributed by atoms with van der Waals surface area (Å²) in [4.78, 5) is 0. The van der Waals surface area contributed by atoms with Crippen LogP contribution in [0.15, 0.2) is 42.5 Å². The number of quaternary nitrogens is 1. The predicted octanol–water partition coefficient (Wildman–Crippen LogP) is 1.98. The van der Waals surface area contributed by atoms with Gasteiger partial charge in [-0.05, 0) is 17.7 Å². The van der Waals surface area contributed by atoms with Crippen LogP contribution in [0.4, 0.5) is 0 Å². The quantitative estimate of drug-likeness (QED) is 0.731. The summed E-state index contributed by atoms with van der Waals surface area (Å²) < 4.78 is 11.2. The first-order valence-corrected chi connectivity index (χ1v) is 7.58. The van der Waals surface area contributed by atoms with Gasteiger partial charge in [0.2, 0.25) is 0 Å². The molecule has 2 aromatic carbocycles. The molecule has 3 N–H and O–H groups in total. The second-order valence-corrected chi connectivity index (χ2v) is 5.30. The molecule has 0 heterocycles. The SMILES string of the molecule is COc1cc(C[NH2+]CCO)cc(Cl)c1OCc1ccccc1. The number of rotatable bonds is 8. The maximum absolute atomic E-state index is 8.82. The van der Waals surface area contributed by atoms with Gasteiger partial charge in [-0.15, -0.1) is 0 Å². The van der Waals surface area contributed by atoms with Gasteiger partial charge in [0.15, 0.2) is 11.5 Å². The molecule has 2 rings (SSSR count). The van der Waals surface area contributed by atoms with Crippen LogP contribution in [0.1, 0.15) is 11.1 Å². The lowest BCUT2D eigenvalue weighted by atomic mass is 10.2. The molecule has 0 radical (unpaired) electrons. The van der Waals surface area contributed by atoms with Crippen LogP contribution in [0.3, 0.4) is 0 Å². The van der Waals surface area contributed by atoms with Crippen molar-refractivity contribution in [2.45, 2.75) is 13.2 Å². The fraction of sp³-hybridized carbons (Fsp3) is 0.294. The number of methoxy groups -OCH3 is 1. The molecule has 0 bridgehead atoms. The minimum atomic E-state index is 0.156. The third-order valence-corrected chi connectivity index (χ3v) is 3.51. The summed E-state index contributed by atoms with van der Waals surface area (Å²) in [5, 5.41) is 11.4. The Hall–Kier alpha value is -1.75. The molecular formula is C17H21ClNO3+. The molecule has 118 valence electrons. The molecule has 0 saturated heterocycles. The average molecular weight is 323 g/mol. The van der Waals surface area contributed by atoms with E-state index in [-0.39, 0.29) is 6.61 Å². The van der Waals surface area contributed by atoms with Gasteiger partial charge in [-0.3, -0.25) is 0 Å². The molecule has 0 saturated carbocycles. The summed E-state index contributed by atoms with van der Waals surface area (Å²) in [7, 11) is 1.60.